The van der Waals surface area contributed by atoms with Gasteiger partial charge in [0.15, 0.2) is 0 Å². The van der Waals surface area contributed by atoms with E-state index in [0.717, 1.165) is 25.7 Å². The van der Waals surface area contributed by atoms with Crippen molar-refractivity contribution in [2.45, 2.75) is 103 Å². The molecule has 2 aromatic heterocycles. The van der Waals surface area contributed by atoms with Crippen LogP contribution in [-0.2, 0) is 5.41 Å². The van der Waals surface area contributed by atoms with E-state index in [4.69, 9.17) is 29.4 Å². The van der Waals surface area contributed by atoms with Crippen LogP contribution in [-0.4, -0.2) is 67.7 Å². The molecule has 0 saturated heterocycles. The van der Waals surface area contributed by atoms with Gasteiger partial charge in [-0.25, -0.2) is 0 Å². The fourth-order valence-corrected chi connectivity index (χ4v) is 7.46. The topological polar surface area (TPSA) is 24.3 Å². The minimum atomic E-state index is 0.0943. The van der Waals surface area contributed by atoms with E-state index in [1.54, 1.807) is 0 Å². The highest BCUT2D eigenvalue weighted by Gasteiger charge is 2.22. The smallest absolute Gasteiger partial charge is 0.135 e. The van der Waals surface area contributed by atoms with E-state index in [-0.39, 0.29) is 5.41 Å². The maximum atomic E-state index is 5.48. The third kappa shape index (κ3) is 10.3. The first-order valence-electron chi connectivity index (χ1n) is 15.9. The molecule has 0 spiro atoms. The molecule has 0 aliphatic heterocycles. The second-order valence-electron chi connectivity index (χ2n) is 13.5. The summed E-state index contributed by atoms with van der Waals surface area (Å²) >= 11 is 14.6. The second-order valence-corrected chi connectivity index (χ2v) is 17.0. The van der Waals surface area contributed by atoms with E-state index in [1.807, 2.05) is 61.5 Å². The molecule has 43 heavy (non-hydrogen) atoms. The molecule has 0 amide bonds. The first kappa shape index (κ1) is 36.1. The summed E-state index contributed by atoms with van der Waals surface area (Å²) in [6.45, 7) is 11.5. The van der Waals surface area contributed by atoms with Crippen molar-refractivity contribution in [2.24, 2.45) is 0 Å². The van der Waals surface area contributed by atoms with Crippen molar-refractivity contribution in [3.05, 3.63) is 41.6 Å². The van der Waals surface area contributed by atoms with Crippen molar-refractivity contribution >= 4 is 78.5 Å². The van der Waals surface area contributed by atoms with Crippen molar-refractivity contribution in [3.8, 4) is 0 Å². The number of fused-ring (bicyclic) bond motifs is 3. The average molecular weight is 659 g/mol. The summed E-state index contributed by atoms with van der Waals surface area (Å²) < 4.78 is 4.65. The maximum absolute atomic E-state index is 5.48. The van der Waals surface area contributed by atoms with E-state index in [0.29, 0.717) is 12.0 Å². The summed E-state index contributed by atoms with van der Waals surface area (Å²) in [4.78, 5) is 9.15. The van der Waals surface area contributed by atoms with Crippen LogP contribution in [0.4, 0.5) is 0 Å². The van der Waals surface area contributed by atoms with Crippen molar-refractivity contribution in [1.29, 1.82) is 0 Å². The van der Waals surface area contributed by atoms with Gasteiger partial charge in [-0.15, -0.1) is 0 Å². The van der Waals surface area contributed by atoms with Gasteiger partial charge in [-0.2, -0.15) is 0 Å². The van der Waals surface area contributed by atoms with E-state index in [2.05, 4.69) is 69.6 Å². The van der Waals surface area contributed by atoms with E-state index < -0.39 is 0 Å². The standard InChI is InChI=1S/C35H54N4S4/c1-25(2)26-22-31-32(36-24-26)29-19-18-27(35(3,4)5)23-30(29)39(31)28(16-12-10-14-20-42-33(40)37(6)7)17-13-11-15-21-43-34(41)38(8)9/h18-19,22-25,28H,10-17,20-21H2,1-9H3. The molecule has 0 aliphatic carbocycles. The lowest BCUT2D eigenvalue weighted by atomic mass is 9.86. The molecule has 8 heteroatoms. The molecule has 2 heterocycles. The predicted octanol–water partition coefficient (Wildman–Crippen LogP) is 10.4. The van der Waals surface area contributed by atoms with Crippen LogP contribution in [0.1, 0.15) is 109 Å². The van der Waals surface area contributed by atoms with Gasteiger partial charge in [-0.1, -0.05) is 120 Å². The fourth-order valence-electron chi connectivity index (χ4n) is 5.39. The van der Waals surface area contributed by atoms with Crippen molar-refractivity contribution in [2.75, 3.05) is 39.7 Å². The summed E-state index contributed by atoms with van der Waals surface area (Å²) in [5, 5.41) is 1.28. The Balaban J connectivity index is 1.89. The molecular formula is C35H54N4S4. The van der Waals surface area contributed by atoms with Crippen LogP contribution in [0.25, 0.3) is 21.9 Å². The van der Waals surface area contributed by atoms with Gasteiger partial charge in [0.05, 0.1) is 16.6 Å². The number of hydrogen-bond acceptors (Lipinski definition) is 5. The van der Waals surface area contributed by atoms with Crippen LogP contribution in [0, 0.1) is 0 Å². The number of rotatable bonds is 14. The van der Waals surface area contributed by atoms with Gasteiger partial charge in [-0.05, 0) is 60.3 Å². The highest BCUT2D eigenvalue weighted by atomic mass is 32.2. The minimum absolute atomic E-state index is 0.0943. The molecule has 0 aliphatic rings. The lowest BCUT2D eigenvalue weighted by Crippen LogP contribution is -2.16. The zero-order chi connectivity index (χ0) is 31.7. The van der Waals surface area contributed by atoms with Crippen LogP contribution < -0.4 is 0 Å². The van der Waals surface area contributed by atoms with Crippen LogP contribution in [0.3, 0.4) is 0 Å². The molecular weight excluding hydrogens is 605 g/mol. The Kier molecular flexibility index (Phi) is 14.1. The zero-order valence-electron chi connectivity index (χ0n) is 28.0. The number of hydrogen-bond donors (Lipinski definition) is 0. The largest absolute Gasteiger partial charge is 0.364 e. The Hall–Kier alpha value is -1.35. The molecule has 0 saturated carbocycles. The Labute approximate surface area is 281 Å². The molecule has 0 bridgehead atoms. The second kappa shape index (κ2) is 16.8. The lowest BCUT2D eigenvalue weighted by Gasteiger charge is -2.24. The molecule has 238 valence electrons. The number of benzene rings is 1. The number of thioether (sulfide) groups is 2. The molecule has 4 nitrogen and oxygen atoms in total. The summed E-state index contributed by atoms with van der Waals surface area (Å²) in [5.74, 6) is 2.64. The lowest BCUT2D eigenvalue weighted by molar-refractivity contribution is 0.418. The van der Waals surface area contributed by atoms with Crippen molar-refractivity contribution in [1.82, 2.24) is 19.4 Å². The normalized spacial score (nSPS) is 12.2. The molecule has 0 atom stereocenters. The number of nitrogens with zero attached hydrogens (tertiary/aromatic N) is 4. The average Bonchev–Trinajstić information content (AvgIpc) is 3.27. The number of pyridine rings is 1. The molecule has 3 aromatic rings. The van der Waals surface area contributed by atoms with Crippen LogP contribution in [0.15, 0.2) is 30.5 Å². The summed E-state index contributed by atoms with van der Waals surface area (Å²) in [5.41, 5.74) is 6.59. The van der Waals surface area contributed by atoms with Gasteiger partial charge >= 0.3 is 0 Å². The van der Waals surface area contributed by atoms with Gasteiger partial charge in [0.2, 0.25) is 0 Å². The Morgan fingerprint density at radius 2 is 1.37 bits per heavy atom. The number of thiocarbonyl (C=S) groups is 2. The third-order valence-corrected chi connectivity index (χ3v) is 11.8. The first-order chi connectivity index (χ1) is 20.3. The monoisotopic (exact) mass is 658 g/mol. The van der Waals surface area contributed by atoms with E-state index in [1.165, 1.54) is 78.9 Å². The first-order valence-corrected chi connectivity index (χ1v) is 18.7. The van der Waals surface area contributed by atoms with Gasteiger partial charge in [-0.3, -0.25) is 4.98 Å². The summed E-state index contributed by atoms with van der Waals surface area (Å²) in [7, 11) is 8.13. The number of aromatic nitrogens is 2. The van der Waals surface area contributed by atoms with Gasteiger partial charge in [0.1, 0.15) is 8.64 Å². The molecule has 1 aromatic carbocycles. The SMILES string of the molecule is CC(C)c1cnc2c3ccc(C(C)(C)C)cc3n(C(CCCCCSC(=S)N(C)C)CCCCCSC(=S)N(C)C)c2c1. The van der Waals surface area contributed by atoms with Gasteiger partial charge < -0.3 is 14.4 Å². The van der Waals surface area contributed by atoms with Crippen LogP contribution in [0.2, 0.25) is 0 Å². The quantitative estimate of drug-likeness (QED) is 0.125. The summed E-state index contributed by atoms with van der Waals surface area (Å²) in [6, 6.07) is 9.96. The number of unbranched alkanes of at least 4 members (excludes halogenated alkanes) is 4. The molecule has 0 unspecified atom stereocenters. The zero-order valence-corrected chi connectivity index (χ0v) is 31.3. The van der Waals surface area contributed by atoms with Crippen LogP contribution in [0.5, 0.6) is 0 Å². The third-order valence-electron chi connectivity index (χ3n) is 8.10. The molecule has 0 fully saturated rings. The van der Waals surface area contributed by atoms with Crippen molar-refractivity contribution in [3.63, 3.8) is 0 Å². The van der Waals surface area contributed by atoms with Crippen LogP contribution >= 0.6 is 48.0 Å². The van der Waals surface area contributed by atoms with Gasteiger partial charge in [0.25, 0.3) is 0 Å². The predicted molar refractivity (Wildman–Crippen MR) is 203 cm³/mol. The highest BCUT2D eigenvalue weighted by molar-refractivity contribution is 8.23. The highest BCUT2D eigenvalue weighted by Crippen LogP contribution is 2.38. The maximum Gasteiger partial charge on any atom is 0.135 e. The Bertz CT molecular complexity index is 1320. The summed E-state index contributed by atoms with van der Waals surface area (Å²) in [6.07, 6.45) is 11.8. The van der Waals surface area contributed by atoms with E-state index >= 15 is 0 Å². The Morgan fingerprint density at radius 1 is 0.814 bits per heavy atom. The molecule has 3 rings (SSSR count). The van der Waals surface area contributed by atoms with Gasteiger partial charge in [0, 0.05) is 57.3 Å². The van der Waals surface area contributed by atoms with E-state index in [9.17, 15) is 0 Å². The molecule has 0 radical (unpaired) electrons. The fraction of sp³-hybridized carbons (Fsp3) is 0.629. The minimum Gasteiger partial charge on any atom is -0.364 e. The van der Waals surface area contributed by atoms with Crippen molar-refractivity contribution < 1.29 is 0 Å². The molecule has 0 N–H and O–H groups in total. The Morgan fingerprint density at radius 3 is 1.86 bits per heavy atom.